The number of hydrogen-bond acceptors (Lipinski definition) is 3. The molecule has 24 heavy (non-hydrogen) atoms. The van der Waals surface area contributed by atoms with Crippen molar-refractivity contribution in [3.8, 4) is 0 Å². The Hall–Kier alpha value is -1.85. The van der Waals surface area contributed by atoms with E-state index in [4.69, 9.17) is 0 Å². The van der Waals surface area contributed by atoms with E-state index in [0.717, 1.165) is 25.0 Å². The van der Waals surface area contributed by atoms with E-state index in [1.807, 2.05) is 28.9 Å². The van der Waals surface area contributed by atoms with Gasteiger partial charge in [0.2, 0.25) is 5.91 Å². The van der Waals surface area contributed by atoms with Crippen LogP contribution in [0.15, 0.2) is 24.3 Å². The highest BCUT2D eigenvalue weighted by Gasteiger charge is 2.26. The molecular formula is C19H27N3O2. The molecule has 0 spiro atoms. The number of carbonyl (C=O) groups is 1. The number of nitrogens with one attached hydrogen (secondary N) is 1. The van der Waals surface area contributed by atoms with Crippen LogP contribution in [0, 0.1) is 0 Å². The Morgan fingerprint density at radius 1 is 1.38 bits per heavy atom. The van der Waals surface area contributed by atoms with Gasteiger partial charge in [-0.25, -0.2) is 0 Å². The fourth-order valence-electron chi connectivity index (χ4n) is 3.50. The van der Waals surface area contributed by atoms with Crippen molar-refractivity contribution in [1.82, 2.24) is 14.8 Å². The molecule has 0 radical (unpaired) electrons. The SMILES string of the molecule is CCN(CC(=O)N1CCc2[nH]c3ccccc3c2C1)CC(C)(C)O. The summed E-state index contributed by atoms with van der Waals surface area (Å²) < 4.78 is 0. The molecule has 5 heteroatoms. The third kappa shape index (κ3) is 3.62. The van der Waals surface area contributed by atoms with Crippen molar-refractivity contribution in [2.45, 2.75) is 39.3 Å². The maximum atomic E-state index is 12.7. The van der Waals surface area contributed by atoms with Gasteiger partial charge in [-0.2, -0.15) is 0 Å². The Labute approximate surface area is 143 Å². The molecule has 0 unspecified atom stereocenters. The van der Waals surface area contributed by atoms with E-state index in [0.29, 0.717) is 19.6 Å². The van der Waals surface area contributed by atoms with E-state index in [1.54, 1.807) is 13.8 Å². The number of likely N-dealkylation sites (N-methyl/N-ethyl adjacent to an activating group) is 1. The number of aromatic amines is 1. The lowest BCUT2D eigenvalue weighted by atomic mass is 10.0. The van der Waals surface area contributed by atoms with Gasteiger partial charge in [-0.3, -0.25) is 9.69 Å². The number of aliphatic hydroxyl groups is 1. The number of hydrogen-bond donors (Lipinski definition) is 2. The first kappa shape index (κ1) is 17.0. The van der Waals surface area contributed by atoms with Crippen LogP contribution < -0.4 is 0 Å². The number of amides is 1. The molecule has 2 N–H and O–H groups in total. The Kier molecular flexibility index (Phi) is 4.65. The number of carbonyl (C=O) groups excluding carboxylic acids is 1. The van der Waals surface area contributed by atoms with Crippen LogP contribution in [0.25, 0.3) is 10.9 Å². The Morgan fingerprint density at radius 2 is 2.12 bits per heavy atom. The molecule has 1 amide bonds. The van der Waals surface area contributed by atoms with Gasteiger partial charge in [-0.05, 0) is 26.5 Å². The third-order valence-corrected chi connectivity index (χ3v) is 4.65. The van der Waals surface area contributed by atoms with Crippen molar-refractivity contribution >= 4 is 16.8 Å². The summed E-state index contributed by atoms with van der Waals surface area (Å²) >= 11 is 0. The van der Waals surface area contributed by atoms with Crippen molar-refractivity contribution < 1.29 is 9.90 Å². The number of aromatic nitrogens is 1. The highest BCUT2D eigenvalue weighted by Crippen LogP contribution is 2.27. The van der Waals surface area contributed by atoms with Gasteiger partial charge in [-0.15, -0.1) is 0 Å². The standard InChI is InChI=1S/C19H27N3O2/c1-4-21(13-19(2,3)24)12-18(23)22-10-9-17-15(11-22)14-7-5-6-8-16(14)20-17/h5-8,20,24H,4,9-13H2,1-3H3. The van der Waals surface area contributed by atoms with Crippen molar-refractivity contribution in [2.24, 2.45) is 0 Å². The van der Waals surface area contributed by atoms with Gasteiger partial charge in [-0.1, -0.05) is 25.1 Å². The molecular weight excluding hydrogens is 302 g/mol. The Balaban J connectivity index is 1.71. The van der Waals surface area contributed by atoms with Crippen LogP contribution in [-0.2, 0) is 17.8 Å². The average molecular weight is 329 g/mol. The van der Waals surface area contributed by atoms with Crippen LogP contribution in [0.1, 0.15) is 32.0 Å². The van der Waals surface area contributed by atoms with Crippen molar-refractivity contribution in [3.63, 3.8) is 0 Å². The lowest BCUT2D eigenvalue weighted by Gasteiger charge is -2.32. The van der Waals surface area contributed by atoms with Gasteiger partial charge in [0, 0.05) is 48.2 Å². The van der Waals surface area contributed by atoms with Gasteiger partial charge in [0.05, 0.1) is 12.1 Å². The maximum Gasteiger partial charge on any atom is 0.237 e. The summed E-state index contributed by atoms with van der Waals surface area (Å²) in [6.07, 6.45) is 0.868. The summed E-state index contributed by atoms with van der Waals surface area (Å²) in [5.41, 5.74) is 2.86. The predicted octanol–water partition coefficient (Wildman–Crippen LogP) is 2.15. The zero-order chi connectivity index (χ0) is 17.3. The number of benzene rings is 1. The van der Waals surface area contributed by atoms with Gasteiger partial charge in [0.15, 0.2) is 0 Å². The smallest absolute Gasteiger partial charge is 0.237 e. The molecule has 1 aromatic heterocycles. The molecule has 0 bridgehead atoms. The zero-order valence-corrected chi connectivity index (χ0v) is 14.8. The molecule has 2 heterocycles. The van der Waals surface area contributed by atoms with Gasteiger partial charge < -0.3 is 15.0 Å². The average Bonchev–Trinajstić information content (AvgIpc) is 2.90. The molecule has 1 aliphatic rings. The molecule has 1 aromatic carbocycles. The normalized spacial score (nSPS) is 15.1. The second-order valence-electron chi connectivity index (χ2n) is 7.31. The molecule has 130 valence electrons. The summed E-state index contributed by atoms with van der Waals surface area (Å²) in [6.45, 7) is 8.60. The molecule has 0 saturated heterocycles. The van der Waals surface area contributed by atoms with E-state index in [-0.39, 0.29) is 5.91 Å². The number of H-pyrrole nitrogens is 1. The van der Waals surface area contributed by atoms with Gasteiger partial charge >= 0.3 is 0 Å². The topological polar surface area (TPSA) is 59.6 Å². The van der Waals surface area contributed by atoms with E-state index < -0.39 is 5.60 Å². The van der Waals surface area contributed by atoms with E-state index in [1.165, 1.54) is 16.6 Å². The van der Waals surface area contributed by atoms with E-state index in [2.05, 4.69) is 17.1 Å². The summed E-state index contributed by atoms with van der Waals surface area (Å²) in [6, 6.07) is 8.27. The van der Waals surface area contributed by atoms with Crippen LogP contribution in [0.4, 0.5) is 0 Å². The van der Waals surface area contributed by atoms with Crippen LogP contribution in [0.5, 0.6) is 0 Å². The molecule has 2 aromatic rings. The Bertz CT molecular complexity index is 730. The second-order valence-corrected chi connectivity index (χ2v) is 7.31. The second kappa shape index (κ2) is 6.57. The summed E-state index contributed by atoms with van der Waals surface area (Å²) in [4.78, 5) is 20.1. The minimum absolute atomic E-state index is 0.136. The quantitative estimate of drug-likeness (QED) is 0.884. The first-order chi connectivity index (χ1) is 11.4. The van der Waals surface area contributed by atoms with Gasteiger partial charge in [0.25, 0.3) is 0 Å². The highest BCUT2D eigenvalue weighted by atomic mass is 16.3. The molecule has 0 fully saturated rings. The largest absolute Gasteiger partial charge is 0.389 e. The third-order valence-electron chi connectivity index (χ3n) is 4.65. The van der Waals surface area contributed by atoms with Crippen LogP contribution in [0.3, 0.4) is 0 Å². The molecule has 3 rings (SSSR count). The van der Waals surface area contributed by atoms with Crippen LogP contribution in [0.2, 0.25) is 0 Å². The van der Waals surface area contributed by atoms with Crippen LogP contribution in [-0.4, -0.2) is 57.6 Å². The molecule has 0 atom stereocenters. The van der Waals surface area contributed by atoms with Gasteiger partial charge in [0.1, 0.15) is 0 Å². The monoisotopic (exact) mass is 329 g/mol. The summed E-state index contributed by atoms with van der Waals surface area (Å²) in [5, 5.41) is 11.2. The first-order valence-electron chi connectivity index (χ1n) is 8.68. The maximum absolute atomic E-state index is 12.7. The van der Waals surface area contributed by atoms with E-state index in [9.17, 15) is 9.90 Å². The molecule has 0 saturated carbocycles. The first-order valence-corrected chi connectivity index (χ1v) is 8.68. The van der Waals surface area contributed by atoms with Crippen LogP contribution >= 0.6 is 0 Å². The number of fused-ring (bicyclic) bond motifs is 3. The Morgan fingerprint density at radius 3 is 2.83 bits per heavy atom. The molecule has 1 aliphatic heterocycles. The van der Waals surface area contributed by atoms with Crippen molar-refractivity contribution in [2.75, 3.05) is 26.2 Å². The fourth-order valence-corrected chi connectivity index (χ4v) is 3.50. The summed E-state index contributed by atoms with van der Waals surface area (Å²) in [7, 11) is 0. The minimum Gasteiger partial charge on any atom is -0.389 e. The number of nitrogens with zero attached hydrogens (tertiary/aromatic N) is 2. The zero-order valence-electron chi connectivity index (χ0n) is 14.8. The van der Waals surface area contributed by atoms with Crippen molar-refractivity contribution in [3.05, 3.63) is 35.5 Å². The summed E-state index contributed by atoms with van der Waals surface area (Å²) in [5.74, 6) is 0.136. The number of para-hydroxylation sites is 1. The van der Waals surface area contributed by atoms with E-state index >= 15 is 0 Å². The molecule has 0 aliphatic carbocycles. The fraction of sp³-hybridized carbons (Fsp3) is 0.526. The predicted molar refractivity (Wildman–Crippen MR) is 95.8 cm³/mol. The minimum atomic E-state index is -0.789. The highest BCUT2D eigenvalue weighted by molar-refractivity contribution is 5.86. The number of rotatable bonds is 5. The van der Waals surface area contributed by atoms with Crippen molar-refractivity contribution in [1.29, 1.82) is 0 Å². The molecule has 5 nitrogen and oxygen atoms in total. The lowest BCUT2D eigenvalue weighted by molar-refractivity contribution is -0.133. The lowest BCUT2D eigenvalue weighted by Crippen LogP contribution is -2.46.